The molecular formula is C13H14INO5. The zero-order valence-electron chi connectivity index (χ0n) is 10.8. The van der Waals surface area contributed by atoms with Gasteiger partial charge < -0.3 is 19.5 Å². The van der Waals surface area contributed by atoms with E-state index in [9.17, 15) is 9.59 Å². The third-order valence-electron chi connectivity index (χ3n) is 2.71. The summed E-state index contributed by atoms with van der Waals surface area (Å²) in [5.41, 5.74) is 0. The highest BCUT2D eigenvalue weighted by molar-refractivity contribution is 14.1. The number of hydrogen-bond donors (Lipinski definition) is 1. The van der Waals surface area contributed by atoms with Crippen molar-refractivity contribution in [1.82, 2.24) is 5.32 Å². The first-order valence-electron chi connectivity index (χ1n) is 6.00. The lowest BCUT2D eigenvalue weighted by Gasteiger charge is -2.25. The molecule has 2 atom stereocenters. The van der Waals surface area contributed by atoms with Gasteiger partial charge in [-0.25, -0.2) is 0 Å². The van der Waals surface area contributed by atoms with Gasteiger partial charge in [0.05, 0.1) is 7.11 Å². The summed E-state index contributed by atoms with van der Waals surface area (Å²) in [5.74, 6) is 0.470. The zero-order chi connectivity index (χ0) is 14.5. The average Bonchev–Trinajstić information content (AvgIpc) is 2.50. The van der Waals surface area contributed by atoms with Gasteiger partial charge in [-0.05, 0) is 12.1 Å². The van der Waals surface area contributed by atoms with E-state index in [0.29, 0.717) is 11.5 Å². The van der Waals surface area contributed by atoms with E-state index in [4.69, 9.17) is 9.47 Å². The van der Waals surface area contributed by atoms with Crippen molar-refractivity contribution in [2.24, 2.45) is 0 Å². The molecule has 0 aromatic heterocycles. The van der Waals surface area contributed by atoms with Gasteiger partial charge in [0.1, 0.15) is 10.5 Å². The highest BCUT2D eigenvalue weighted by Crippen LogP contribution is 2.30. The maximum Gasteiger partial charge on any atom is 0.320 e. The second kappa shape index (κ2) is 6.78. The van der Waals surface area contributed by atoms with Gasteiger partial charge in [-0.1, -0.05) is 34.7 Å². The quantitative estimate of drug-likeness (QED) is 0.470. The summed E-state index contributed by atoms with van der Waals surface area (Å²) < 4.78 is 15.2. The van der Waals surface area contributed by atoms with Gasteiger partial charge >= 0.3 is 5.97 Å². The van der Waals surface area contributed by atoms with Gasteiger partial charge in [-0.3, -0.25) is 9.59 Å². The van der Waals surface area contributed by atoms with Crippen LogP contribution in [-0.2, 0) is 14.3 Å². The van der Waals surface area contributed by atoms with Crippen molar-refractivity contribution in [3.63, 3.8) is 0 Å². The summed E-state index contributed by atoms with van der Waals surface area (Å²) >= 11 is 1.91. The molecule has 7 heteroatoms. The first-order valence-corrected chi connectivity index (χ1v) is 7.24. The van der Waals surface area contributed by atoms with Crippen molar-refractivity contribution in [1.29, 1.82) is 0 Å². The lowest BCUT2D eigenvalue weighted by molar-refractivity contribution is -0.139. The summed E-state index contributed by atoms with van der Waals surface area (Å²) in [7, 11) is 1.31. The third kappa shape index (κ3) is 3.53. The molecule has 1 aromatic rings. The molecule has 1 amide bonds. The number of rotatable bonds is 4. The summed E-state index contributed by atoms with van der Waals surface area (Å²) in [4.78, 5) is 23.2. The first kappa shape index (κ1) is 14.9. The van der Waals surface area contributed by atoms with E-state index >= 15 is 0 Å². The topological polar surface area (TPSA) is 73.9 Å². The van der Waals surface area contributed by atoms with Crippen LogP contribution in [-0.4, -0.2) is 42.2 Å². The summed E-state index contributed by atoms with van der Waals surface area (Å²) in [6.45, 7) is 0.334. The van der Waals surface area contributed by atoms with Gasteiger partial charge in [-0.2, -0.15) is 0 Å². The monoisotopic (exact) mass is 391 g/mol. The lowest BCUT2D eigenvalue weighted by Crippen LogP contribution is -2.46. The van der Waals surface area contributed by atoms with Crippen LogP contribution in [0.1, 0.15) is 0 Å². The molecule has 20 heavy (non-hydrogen) atoms. The fourth-order valence-electron chi connectivity index (χ4n) is 1.66. The minimum atomic E-state index is -0.717. The minimum absolute atomic E-state index is 0.146. The average molecular weight is 391 g/mol. The molecule has 0 spiro atoms. The minimum Gasteiger partial charge on any atom is -0.485 e. The Kier molecular flexibility index (Phi) is 5.05. The van der Waals surface area contributed by atoms with Crippen molar-refractivity contribution in [3.05, 3.63) is 24.3 Å². The number of halogens is 1. The number of alkyl halides is 1. The number of amides is 1. The molecule has 2 rings (SSSR count). The zero-order valence-corrected chi connectivity index (χ0v) is 13.0. The lowest BCUT2D eigenvalue weighted by atomic mass is 10.2. The van der Waals surface area contributed by atoms with Gasteiger partial charge in [0.25, 0.3) is 5.91 Å². The Balaban J connectivity index is 1.87. The van der Waals surface area contributed by atoms with Crippen molar-refractivity contribution in [2.75, 3.05) is 20.3 Å². The molecule has 6 nitrogen and oxygen atoms in total. The number of fused-ring (bicyclic) bond motifs is 1. The van der Waals surface area contributed by atoms with Crippen LogP contribution >= 0.6 is 22.6 Å². The number of nitrogens with one attached hydrogen (secondary N) is 1. The Bertz CT molecular complexity index is 507. The molecule has 0 radical (unpaired) electrons. The van der Waals surface area contributed by atoms with Crippen molar-refractivity contribution in [3.8, 4) is 11.5 Å². The Morgan fingerprint density at radius 3 is 2.85 bits per heavy atom. The number of benzene rings is 1. The van der Waals surface area contributed by atoms with E-state index < -0.39 is 10.0 Å². The van der Waals surface area contributed by atoms with E-state index in [1.54, 1.807) is 18.2 Å². The molecule has 0 saturated heterocycles. The maximum atomic E-state index is 12.0. The smallest absolute Gasteiger partial charge is 0.320 e. The van der Waals surface area contributed by atoms with Crippen molar-refractivity contribution >= 4 is 34.5 Å². The van der Waals surface area contributed by atoms with Crippen LogP contribution in [0.3, 0.4) is 0 Å². The van der Waals surface area contributed by atoms with Gasteiger partial charge in [0, 0.05) is 6.54 Å². The maximum absolute atomic E-state index is 12.0. The Hall–Kier alpha value is -1.51. The van der Waals surface area contributed by atoms with Crippen LogP contribution in [0.4, 0.5) is 0 Å². The molecule has 1 N–H and O–H groups in total. The molecule has 1 aliphatic rings. The Labute approximate surface area is 129 Å². The third-order valence-corrected chi connectivity index (χ3v) is 3.66. The molecule has 2 unspecified atom stereocenters. The van der Waals surface area contributed by atoms with Crippen molar-refractivity contribution < 1.29 is 23.8 Å². The number of carbonyl (C=O) groups excluding carboxylic acids is 2. The van der Waals surface area contributed by atoms with Crippen LogP contribution in [0.25, 0.3) is 0 Å². The van der Waals surface area contributed by atoms with E-state index in [1.165, 1.54) is 7.11 Å². The Morgan fingerprint density at radius 2 is 2.15 bits per heavy atom. The van der Waals surface area contributed by atoms with Crippen LogP contribution in [0, 0.1) is 0 Å². The molecule has 108 valence electrons. The van der Waals surface area contributed by atoms with Crippen LogP contribution in [0.15, 0.2) is 24.3 Å². The number of para-hydroxylation sites is 2. The summed E-state index contributed by atoms with van der Waals surface area (Å²) in [6.07, 6.45) is -0.717. The van der Waals surface area contributed by atoms with Crippen LogP contribution < -0.4 is 14.8 Å². The van der Waals surface area contributed by atoms with Gasteiger partial charge in [0.15, 0.2) is 11.5 Å². The molecule has 0 fully saturated rings. The molecule has 0 saturated carbocycles. The second-order valence-corrected chi connectivity index (χ2v) is 5.60. The molecule has 1 aromatic carbocycles. The van der Waals surface area contributed by atoms with E-state index in [-0.39, 0.29) is 25.0 Å². The normalized spacial score (nSPS) is 18.0. The van der Waals surface area contributed by atoms with E-state index in [1.807, 2.05) is 28.7 Å². The molecular weight excluding hydrogens is 377 g/mol. The molecule has 1 aliphatic heterocycles. The Morgan fingerprint density at radius 1 is 1.45 bits per heavy atom. The molecule has 0 aliphatic carbocycles. The summed E-state index contributed by atoms with van der Waals surface area (Å²) in [6, 6.07) is 7.16. The van der Waals surface area contributed by atoms with E-state index in [0.717, 1.165) is 0 Å². The SMILES string of the molecule is COC(=O)C(I)CNC(=O)C1COc2ccccc2O1. The number of carbonyl (C=O) groups is 2. The van der Waals surface area contributed by atoms with Gasteiger partial charge in [0.2, 0.25) is 6.10 Å². The number of esters is 1. The predicted octanol–water partition coefficient (Wildman–Crippen LogP) is 0.919. The fraction of sp³-hybridized carbons (Fsp3) is 0.385. The van der Waals surface area contributed by atoms with Crippen molar-refractivity contribution in [2.45, 2.75) is 10.0 Å². The standard InChI is InChI=1S/C13H14INO5/c1-18-13(17)8(14)6-15-12(16)11-7-19-9-4-2-3-5-10(9)20-11/h2-5,8,11H,6-7H2,1H3,(H,15,16). The molecule has 0 bridgehead atoms. The van der Waals surface area contributed by atoms with Crippen LogP contribution in [0.2, 0.25) is 0 Å². The van der Waals surface area contributed by atoms with Gasteiger partial charge in [-0.15, -0.1) is 0 Å². The second-order valence-electron chi connectivity index (χ2n) is 4.10. The predicted molar refractivity (Wildman–Crippen MR) is 79.2 cm³/mol. The van der Waals surface area contributed by atoms with Crippen LogP contribution in [0.5, 0.6) is 11.5 Å². The number of hydrogen-bond acceptors (Lipinski definition) is 5. The number of ether oxygens (including phenoxy) is 3. The highest BCUT2D eigenvalue weighted by Gasteiger charge is 2.28. The molecule has 1 heterocycles. The fourth-order valence-corrected chi connectivity index (χ4v) is 2.14. The summed E-state index contributed by atoms with van der Waals surface area (Å²) in [5, 5.41) is 2.65. The van der Waals surface area contributed by atoms with E-state index in [2.05, 4.69) is 10.1 Å². The largest absolute Gasteiger partial charge is 0.485 e. The highest BCUT2D eigenvalue weighted by atomic mass is 127. The first-order chi connectivity index (χ1) is 9.61. The number of methoxy groups -OCH3 is 1.